The number of nitrogens with one attached hydrogen (secondary N) is 2. The third-order valence-electron chi connectivity index (χ3n) is 4.39. The van der Waals surface area contributed by atoms with Crippen molar-refractivity contribution in [3.8, 4) is 17.2 Å². The molecule has 3 rings (SSSR count). The molecule has 0 bridgehead atoms. The van der Waals surface area contributed by atoms with Gasteiger partial charge in [-0.05, 0) is 31.2 Å². The number of methoxy groups -OCH3 is 2. The predicted octanol–water partition coefficient (Wildman–Crippen LogP) is 2.36. The lowest BCUT2D eigenvalue weighted by Gasteiger charge is -2.25. The largest absolute Gasteiger partial charge is 0.493 e. The van der Waals surface area contributed by atoms with Crippen LogP contribution in [0.1, 0.15) is 13.3 Å². The van der Waals surface area contributed by atoms with Crippen molar-refractivity contribution in [3.63, 3.8) is 0 Å². The molecule has 0 saturated carbocycles. The van der Waals surface area contributed by atoms with E-state index in [1.807, 2.05) is 0 Å². The van der Waals surface area contributed by atoms with Crippen LogP contribution < -0.4 is 24.8 Å². The fourth-order valence-electron chi connectivity index (χ4n) is 2.84. The van der Waals surface area contributed by atoms with Crippen LogP contribution in [0.4, 0.5) is 11.4 Å². The molecule has 0 unspecified atom stereocenters. The van der Waals surface area contributed by atoms with Gasteiger partial charge in [0.1, 0.15) is 5.75 Å². The van der Waals surface area contributed by atoms with Crippen molar-refractivity contribution in [2.24, 2.45) is 0 Å². The Labute approximate surface area is 173 Å². The number of carbonyl (C=O) groups is 3. The highest BCUT2D eigenvalue weighted by molar-refractivity contribution is 6.00. The minimum Gasteiger partial charge on any atom is -0.493 e. The molecule has 1 aliphatic heterocycles. The minimum atomic E-state index is -1.08. The van der Waals surface area contributed by atoms with Crippen molar-refractivity contribution >= 4 is 29.2 Å². The molecular formula is C21H22N2O7. The van der Waals surface area contributed by atoms with Gasteiger partial charge in [0, 0.05) is 11.8 Å². The standard InChI is InChI=1S/C21H22N2O7/c1-12(20(25)22-13-8-9-16(27-2)17(10-13)28-3)29-19(24)11-18-21(26)23-14-6-4-5-7-15(14)30-18/h4-10,12,18H,11H2,1-3H3,(H,22,25)(H,23,26)/t12-,18-/m1/s1. The van der Waals surface area contributed by atoms with Crippen LogP contribution in [0, 0.1) is 0 Å². The summed E-state index contributed by atoms with van der Waals surface area (Å²) in [7, 11) is 2.99. The van der Waals surface area contributed by atoms with Crippen LogP contribution in [0.3, 0.4) is 0 Å². The van der Waals surface area contributed by atoms with Crippen molar-refractivity contribution in [2.45, 2.75) is 25.6 Å². The van der Waals surface area contributed by atoms with Crippen LogP contribution in [0.15, 0.2) is 42.5 Å². The maximum atomic E-state index is 12.4. The highest BCUT2D eigenvalue weighted by Crippen LogP contribution is 2.30. The monoisotopic (exact) mass is 414 g/mol. The number of fused-ring (bicyclic) bond motifs is 1. The number of para-hydroxylation sites is 2. The summed E-state index contributed by atoms with van der Waals surface area (Å²) < 4.78 is 21.1. The van der Waals surface area contributed by atoms with E-state index in [1.165, 1.54) is 21.1 Å². The highest BCUT2D eigenvalue weighted by Gasteiger charge is 2.31. The van der Waals surface area contributed by atoms with Crippen molar-refractivity contribution in [3.05, 3.63) is 42.5 Å². The number of hydrogen-bond acceptors (Lipinski definition) is 7. The van der Waals surface area contributed by atoms with Crippen molar-refractivity contribution < 1.29 is 33.3 Å². The van der Waals surface area contributed by atoms with Crippen molar-refractivity contribution in [1.82, 2.24) is 0 Å². The van der Waals surface area contributed by atoms with Crippen LogP contribution in [0.5, 0.6) is 17.2 Å². The fraction of sp³-hybridized carbons (Fsp3) is 0.286. The summed E-state index contributed by atoms with van der Waals surface area (Å²) in [5.74, 6) is -0.287. The molecule has 1 aliphatic rings. The third-order valence-corrected chi connectivity index (χ3v) is 4.39. The van der Waals surface area contributed by atoms with Crippen LogP contribution in [0.2, 0.25) is 0 Å². The third kappa shape index (κ3) is 4.80. The fourth-order valence-corrected chi connectivity index (χ4v) is 2.84. The number of carbonyl (C=O) groups excluding carboxylic acids is 3. The van der Waals surface area contributed by atoms with Crippen LogP contribution in [-0.2, 0) is 19.1 Å². The maximum absolute atomic E-state index is 12.4. The molecule has 9 heteroatoms. The Morgan fingerprint density at radius 1 is 1.13 bits per heavy atom. The molecule has 0 fully saturated rings. The van der Waals surface area contributed by atoms with E-state index in [2.05, 4.69) is 10.6 Å². The van der Waals surface area contributed by atoms with E-state index in [4.69, 9.17) is 18.9 Å². The summed E-state index contributed by atoms with van der Waals surface area (Å²) in [4.78, 5) is 36.7. The van der Waals surface area contributed by atoms with Crippen molar-refractivity contribution in [1.29, 1.82) is 0 Å². The molecule has 0 aliphatic carbocycles. The lowest BCUT2D eigenvalue weighted by molar-refractivity contribution is -0.155. The molecule has 0 saturated heterocycles. The number of rotatable bonds is 7. The Balaban J connectivity index is 1.55. The molecule has 158 valence electrons. The van der Waals surface area contributed by atoms with E-state index in [-0.39, 0.29) is 6.42 Å². The average Bonchev–Trinajstić information content (AvgIpc) is 2.74. The van der Waals surface area contributed by atoms with Crippen molar-refractivity contribution in [2.75, 3.05) is 24.9 Å². The Morgan fingerprint density at radius 2 is 1.87 bits per heavy atom. The van der Waals surface area contributed by atoms with Gasteiger partial charge in [-0.3, -0.25) is 14.4 Å². The van der Waals surface area contributed by atoms with E-state index in [9.17, 15) is 14.4 Å². The quantitative estimate of drug-likeness (QED) is 0.669. The molecule has 2 amide bonds. The number of anilines is 2. The summed E-state index contributed by atoms with van der Waals surface area (Å²) in [6.45, 7) is 1.44. The predicted molar refractivity (Wildman–Crippen MR) is 108 cm³/mol. The number of hydrogen-bond donors (Lipinski definition) is 2. The van der Waals surface area contributed by atoms with E-state index in [0.29, 0.717) is 28.6 Å². The molecule has 0 radical (unpaired) electrons. The first-order valence-electron chi connectivity index (χ1n) is 9.20. The SMILES string of the molecule is COc1ccc(NC(=O)[C@@H](C)OC(=O)C[C@H]2Oc3ccccc3NC2=O)cc1OC. The maximum Gasteiger partial charge on any atom is 0.310 e. The van der Waals surface area contributed by atoms with Gasteiger partial charge in [-0.1, -0.05) is 12.1 Å². The zero-order valence-corrected chi connectivity index (χ0v) is 16.8. The second-order valence-electron chi connectivity index (χ2n) is 6.49. The van der Waals surface area contributed by atoms with Gasteiger partial charge in [-0.25, -0.2) is 0 Å². The zero-order chi connectivity index (χ0) is 21.7. The van der Waals surface area contributed by atoms with Gasteiger partial charge >= 0.3 is 5.97 Å². The van der Waals surface area contributed by atoms with E-state index in [1.54, 1.807) is 42.5 Å². The van der Waals surface area contributed by atoms with Gasteiger partial charge in [0.15, 0.2) is 23.7 Å². The second kappa shape index (κ2) is 9.17. The minimum absolute atomic E-state index is 0.325. The Morgan fingerprint density at radius 3 is 2.60 bits per heavy atom. The lowest BCUT2D eigenvalue weighted by Crippen LogP contribution is -2.40. The molecule has 1 heterocycles. The molecule has 2 N–H and O–H groups in total. The first-order chi connectivity index (χ1) is 14.4. The average molecular weight is 414 g/mol. The van der Waals surface area contributed by atoms with Gasteiger partial charge in [-0.2, -0.15) is 0 Å². The van der Waals surface area contributed by atoms with Gasteiger partial charge in [0.25, 0.3) is 11.8 Å². The number of benzene rings is 2. The topological polar surface area (TPSA) is 112 Å². The number of ether oxygens (including phenoxy) is 4. The summed E-state index contributed by atoms with van der Waals surface area (Å²) in [5, 5.41) is 5.31. The summed E-state index contributed by atoms with van der Waals surface area (Å²) in [6, 6.07) is 11.8. The van der Waals surface area contributed by atoms with E-state index >= 15 is 0 Å². The van der Waals surface area contributed by atoms with Gasteiger partial charge < -0.3 is 29.6 Å². The molecule has 2 aromatic carbocycles. The molecular weight excluding hydrogens is 392 g/mol. The van der Waals surface area contributed by atoms with E-state index in [0.717, 1.165) is 0 Å². The van der Waals surface area contributed by atoms with Gasteiger partial charge in [0.05, 0.1) is 26.3 Å². The van der Waals surface area contributed by atoms with Gasteiger partial charge in [0.2, 0.25) is 0 Å². The Bertz CT molecular complexity index is 960. The zero-order valence-electron chi connectivity index (χ0n) is 16.8. The summed E-state index contributed by atoms with van der Waals surface area (Å²) in [5.41, 5.74) is 0.988. The Hall–Kier alpha value is -3.75. The smallest absolute Gasteiger partial charge is 0.310 e. The molecule has 0 aromatic heterocycles. The summed E-state index contributed by atoms with van der Waals surface area (Å²) >= 11 is 0. The summed E-state index contributed by atoms with van der Waals surface area (Å²) in [6.07, 6.45) is -2.44. The normalized spacial score (nSPS) is 15.7. The molecule has 2 aromatic rings. The molecule has 9 nitrogen and oxygen atoms in total. The second-order valence-corrected chi connectivity index (χ2v) is 6.49. The molecule has 0 spiro atoms. The Kier molecular flexibility index (Phi) is 6.41. The molecule has 2 atom stereocenters. The number of amides is 2. The first-order valence-corrected chi connectivity index (χ1v) is 9.20. The lowest BCUT2D eigenvalue weighted by atomic mass is 10.1. The van der Waals surface area contributed by atoms with Crippen LogP contribution in [0.25, 0.3) is 0 Å². The van der Waals surface area contributed by atoms with Crippen LogP contribution in [-0.4, -0.2) is 44.2 Å². The van der Waals surface area contributed by atoms with Crippen LogP contribution >= 0.6 is 0 Å². The highest BCUT2D eigenvalue weighted by atomic mass is 16.6. The van der Waals surface area contributed by atoms with E-state index < -0.39 is 30.0 Å². The van der Waals surface area contributed by atoms with Gasteiger partial charge in [-0.15, -0.1) is 0 Å². The number of esters is 1. The molecule has 30 heavy (non-hydrogen) atoms. The first kappa shape index (κ1) is 21.0.